The van der Waals surface area contributed by atoms with Crippen molar-refractivity contribution in [2.24, 2.45) is 0 Å². The van der Waals surface area contributed by atoms with Crippen LogP contribution in [0.25, 0.3) is 0 Å². The molecule has 0 saturated carbocycles. The van der Waals surface area contributed by atoms with Gasteiger partial charge in [-0.25, -0.2) is 0 Å². The average Bonchev–Trinajstić information content (AvgIpc) is 2.46. The molecule has 1 aromatic rings. The molecule has 1 aromatic carbocycles. The van der Waals surface area contributed by atoms with Gasteiger partial charge in [0, 0.05) is 20.6 Å². The molecule has 0 saturated heterocycles. The molecule has 0 amide bonds. The van der Waals surface area contributed by atoms with Crippen LogP contribution in [-0.4, -0.2) is 54.1 Å². The van der Waals surface area contributed by atoms with E-state index in [1.165, 1.54) is 22.8 Å². The van der Waals surface area contributed by atoms with Gasteiger partial charge in [-0.3, -0.25) is 4.31 Å². The molecule has 0 spiro atoms. The summed E-state index contributed by atoms with van der Waals surface area (Å²) in [5.41, 5.74) is 0.524. The van der Waals surface area contributed by atoms with Crippen molar-refractivity contribution >= 4 is 15.9 Å². The summed E-state index contributed by atoms with van der Waals surface area (Å²) in [4.78, 5) is 0. The minimum Gasteiger partial charge on any atom is -0.495 e. The molecular weight excluding hydrogens is 278 g/mol. The van der Waals surface area contributed by atoms with Crippen LogP contribution < -0.4 is 14.4 Å². The van der Waals surface area contributed by atoms with Gasteiger partial charge in [-0.15, -0.1) is 0 Å². The molecule has 0 aliphatic carbocycles. The Morgan fingerprint density at radius 3 is 2.50 bits per heavy atom. The molecule has 0 aliphatic heterocycles. The number of anilines is 1. The van der Waals surface area contributed by atoms with Gasteiger partial charge in [0.2, 0.25) is 0 Å². The van der Waals surface area contributed by atoms with E-state index in [9.17, 15) is 8.42 Å². The maximum Gasteiger partial charge on any atom is 0.303 e. The van der Waals surface area contributed by atoms with Gasteiger partial charge >= 0.3 is 10.2 Å². The highest BCUT2D eigenvalue weighted by Gasteiger charge is 2.25. The fourth-order valence-corrected chi connectivity index (χ4v) is 2.99. The third kappa shape index (κ3) is 3.84. The largest absolute Gasteiger partial charge is 0.495 e. The molecule has 0 aromatic heterocycles. The summed E-state index contributed by atoms with van der Waals surface area (Å²) in [5.74, 6) is 0.530. The van der Waals surface area contributed by atoms with Crippen LogP contribution in [0.5, 0.6) is 5.75 Å². The number of hydrogen-bond donors (Lipinski definition) is 1. The minimum atomic E-state index is -3.55. The van der Waals surface area contributed by atoms with E-state index in [0.717, 1.165) is 13.0 Å². The fraction of sp³-hybridized carbons (Fsp3) is 0.538. The van der Waals surface area contributed by atoms with Crippen molar-refractivity contribution in [3.63, 3.8) is 0 Å². The molecular formula is C13H23N3O3S. The van der Waals surface area contributed by atoms with Gasteiger partial charge in [-0.2, -0.15) is 12.7 Å². The van der Waals surface area contributed by atoms with Crippen molar-refractivity contribution in [1.29, 1.82) is 0 Å². The van der Waals surface area contributed by atoms with Crippen LogP contribution in [0.1, 0.15) is 6.42 Å². The SMILES string of the molecule is CNCCCN(C)S(=O)(=O)N(C)c1ccccc1OC. The number of ether oxygens (including phenoxy) is 1. The van der Waals surface area contributed by atoms with Crippen molar-refractivity contribution in [3.05, 3.63) is 24.3 Å². The Morgan fingerprint density at radius 1 is 1.25 bits per heavy atom. The maximum absolute atomic E-state index is 12.5. The normalized spacial score (nSPS) is 11.7. The van der Waals surface area contributed by atoms with Gasteiger partial charge in [0.15, 0.2) is 0 Å². The average molecular weight is 301 g/mol. The molecule has 0 aliphatic rings. The zero-order valence-electron chi connectivity index (χ0n) is 12.5. The Hall–Kier alpha value is -1.31. The first-order valence-corrected chi connectivity index (χ1v) is 7.82. The zero-order valence-corrected chi connectivity index (χ0v) is 13.3. The van der Waals surface area contributed by atoms with E-state index in [-0.39, 0.29) is 0 Å². The van der Waals surface area contributed by atoms with Gasteiger partial charge in [-0.05, 0) is 32.1 Å². The molecule has 1 rings (SSSR count). The zero-order chi connectivity index (χ0) is 15.2. The van der Waals surface area contributed by atoms with Crippen LogP contribution in [0.4, 0.5) is 5.69 Å². The molecule has 7 heteroatoms. The summed E-state index contributed by atoms with van der Waals surface area (Å²) in [7, 11) is 2.93. The lowest BCUT2D eigenvalue weighted by Crippen LogP contribution is -2.40. The molecule has 0 atom stereocenters. The predicted molar refractivity (Wildman–Crippen MR) is 81.5 cm³/mol. The van der Waals surface area contributed by atoms with Gasteiger partial charge in [0.25, 0.3) is 0 Å². The number of para-hydroxylation sites is 2. The fourth-order valence-electron chi connectivity index (χ4n) is 1.82. The van der Waals surface area contributed by atoms with Crippen LogP contribution in [0.3, 0.4) is 0 Å². The molecule has 114 valence electrons. The van der Waals surface area contributed by atoms with Crippen molar-refractivity contribution < 1.29 is 13.2 Å². The molecule has 0 unspecified atom stereocenters. The van der Waals surface area contributed by atoms with Crippen LogP contribution in [0.15, 0.2) is 24.3 Å². The second-order valence-corrected chi connectivity index (χ2v) is 6.49. The molecule has 0 fully saturated rings. The number of methoxy groups -OCH3 is 1. The molecule has 0 bridgehead atoms. The highest BCUT2D eigenvalue weighted by Crippen LogP contribution is 2.29. The Bertz CT molecular complexity index is 519. The summed E-state index contributed by atoms with van der Waals surface area (Å²) in [5, 5.41) is 3.00. The summed E-state index contributed by atoms with van der Waals surface area (Å²) in [6.07, 6.45) is 0.756. The van der Waals surface area contributed by atoms with Gasteiger partial charge in [0.05, 0.1) is 12.8 Å². The smallest absolute Gasteiger partial charge is 0.303 e. The summed E-state index contributed by atoms with van der Waals surface area (Å²) in [6, 6.07) is 7.05. The van der Waals surface area contributed by atoms with E-state index in [1.807, 2.05) is 7.05 Å². The van der Waals surface area contributed by atoms with Gasteiger partial charge in [0.1, 0.15) is 5.75 Å². The highest BCUT2D eigenvalue weighted by molar-refractivity contribution is 7.90. The summed E-state index contributed by atoms with van der Waals surface area (Å²) in [6.45, 7) is 1.24. The van der Waals surface area contributed by atoms with E-state index >= 15 is 0 Å². The van der Waals surface area contributed by atoms with Gasteiger partial charge < -0.3 is 10.1 Å². The molecule has 20 heavy (non-hydrogen) atoms. The van der Waals surface area contributed by atoms with E-state index in [1.54, 1.807) is 31.3 Å². The lowest BCUT2D eigenvalue weighted by molar-refractivity contribution is 0.414. The van der Waals surface area contributed by atoms with Crippen molar-refractivity contribution in [1.82, 2.24) is 9.62 Å². The lowest BCUT2D eigenvalue weighted by atomic mass is 10.3. The summed E-state index contributed by atoms with van der Waals surface area (Å²) < 4.78 is 32.7. The van der Waals surface area contributed by atoms with Crippen LogP contribution >= 0.6 is 0 Å². The maximum atomic E-state index is 12.5. The summed E-state index contributed by atoms with van der Waals surface area (Å²) >= 11 is 0. The monoisotopic (exact) mass is 301 g/mol. The van der Waals surface area contributed by atoms with Crippen molar-refractivity contribution in [2.45, 2.75) is 6.42 Å². The first-order chi connectivity index (χ1) is 9.45. The van der Waals surface area contributed by atoms with E-state index in [2.05, 4.69) is 5.32 Å². The Labute approximate surface area is 121 Å². The first-order valence-electron chi connectivity index (χ1n) is 6.43. The van der Waals surface area contributed by atoms with Crippen molar-refractivity contribution in [2.75, 3.05) is 45.6 Å². The van der Waals surface area contributed by atoms with Crippen LogP contribution in [-0.2, 0) is 10.2 Å². The van der Waals surface area contributed by atoms with Crippen LogP contribution in [0.2, 0.25) is 0 Å². The quantitative estimate of drug-likeness (QED) is 0.725. The second-order valence-electron chi connectivity index (χ2n) is 4.43. The number of hydrogen-bond acceptors (Lipinski definition) is 4. The molecule has 0 radical (unpaired) electrons. The van der Waals surface area contributed by atoms with E-state index in [0.29, 0.717) is 18.0 Å². The highest BCUT2D eigenvalue weighted by atomic mass is 32.2. The van der Waals surface area contributed by atoms with Gasteiger partial charge in [-0.1, -0.05) is 12.1 Å². The standard InChI is InChI=1S/C13H23N3O3S/c1-14-10-7-11-15(2)20(17,18)16(3)12-8-5-6-9-13(12)19-4/h5-6,8-9,14H,7,10-11H2,1-4H3. The number of nitrogens with one attached hydrogen (secondary N) is 1. The Balaban J connectivity index is 2.91. The Morgan fingerprint density at radius 2 is 1.90 bits per heavy atom. The van der Waals surface area contributed by atoms with Crippen molar-refractivity contribution in [3.8, 4) is 5.75 Å². The van der Waals surface area contributed by atoms with E-state index < -0.39 is 10.2 Å². The molecule has 1 N–H and O–H groups in total. The van der Waals surface area contributed by atoms with E-state index in [4.69, 9.17) is 4.74 Å². The number of benzene rings is 1. The lowest BCUT2D eigenvalue weighted by Gasteiger charge is -2.26. The Kier molecular flexibility index (Phi) is 6.25. The number of nitrogens with zero attached hydrogens (tertiary/aromatic N) is 2. The molecule has 6 nitrogen and oxygen atoms in total. The number of rotatable bonds is 8. The third-order valence-electron chi connectivity index (χ3n) is 3.06. The van der Waals surface area contributed by atoms with Crippen LogP contribution in [0, 0.1) is 0 Å². The second kappa shape index (κ2) is 7.47. The predicted octanol–water partition coefficient (Wildman–Crippen LogP) is 0.918. The first kappa shape index (κ1) is 16.7. The topological polar surface area (TPSA) is 61.9 Å². The molecule has 0 heterocycles. The minimum absolute atomic E-state index is 0.461. The third-order valence-corrected chi connectivity index (χ3v) is 4.92.